The first-order chi connectivity index (χ1) is 21.1. The summed E-state index contributed by atoms with van der Waals surface area (Å²) in [6, 6.07) is 8.25. The molecule has 15 nitrogen and oxygen atoms in total. The number of carbonyl (C=O) groups is 5. The van der Waals surface area contributed by atoms with E-state index >= 15 is 0 Å². The summed E-state index contributed by atoms with van der Waals surface area (Å²) in [5.41, 5.74) is 0.885. The van der Waals surface area contributed by atoms with Crippen molar-refractivity contribution in [3.8, 4) is 0 Å². The Balaban J connectivity index is 0.0000101. The van der Waals surface area contributed by atoms with Crippen LogP contribution in [0.15, 0.2) is 30.3 Å². The van der Waals surface area contributed by atoms with Gasteiger partial charge in [-0.05, 0) is 5.56 Å². The molecule has 0 aromatic heterocycles. The maximum Gasteiger partial charge on any atom is 0.332 e. The highest BCUT2D eigenvalue weighted by Crippen LogP contribution is 2.28. The minimum atomic E-state index is -1.21. The summed E-state index contributed by atoms with van der Waals surface area (Å²) in [6.45, 7) is 5.44. The van der Waals surface area contributed by atoms with E-state index in [9.17, 15) is 24.0 Å². The van der Waals surface area contributed by atoms with Crippen molar-refractivity contribution in [1.82, 2.24) is 5.32 Å². The molecule has 1 N–H and O–H groups in total. The van der Waals surface area contributed by atoms with Gasteiger partial charge in [0.25, 0.3) is 0 Å². The average Bonchev–Trinajstić information content (AvgIpc) is 2.96. The molecule has 45 heavy (non-hydrogen) atoms. The smallest absolute Gasteiger partial charge is 0.332 e. The Morgan fingerprint density at radius 1 is 0.733 bits per heavy atom. The van der Waals surface area contributed by atoms with Crippen LogP contribution in [0.2, 0.25) is 0 Å². The SMILES string of the molecule is C.CC(=O)N[C@H]1[C@H](OCCOCCOCCOCC(=O)OCc2ccccc2)O[C@H](COC(C)=O)[C@H](OC(C)=O)[C@@H]1OC(C)=O. The zero-order chi connectivity index (χ0) is 32.3. The number of hydrogen-bond acceptors (Lipinski definition) is 14. The van der Waals surface area contributed by atoms with Crippen molar-refractivity contribution in [2.75, 3.05) is 52.9 Å². The van der Waals surface area contributed by atoms with Gasteiger partial charge in [-0.2, -0.15) is 0 Å². The Labute approximate surface area is 263 Å². The van der Waals surface area contributed by atoms with Crippen molar-refractivity contribution in [3.63, 3.8) is 0 Å². The van der Waals surface area contributed by atoms with Crippen LogP contribution in [-0.4, -0.2) is 113 Å². The fourth-order valence-electron chi connectivity index (χ4n) is 4.03. The fraction of sp³-hybridized carbons (Fsp3) is 0.633. The van der Waals surface area contributed by atoms with E-state index in [1.54, 1.807) is 0 Å². The third-order valence-corrected chi connectivity index (χ3v) is 5.79. The van der Waals surface area contributed by atoms with E-state index in [0.29, 0.717) is 0 Å². The molecule has 1 saturated heterocycles. The van der Waals surface area contributed by atoms with Gasteiger partial charge in [0.05, 0.1) is 39.6 Å². The molecule has 1 aromatic carbocycles. The Kier molecular flexibility index (Phi) is 19.2. The van der Waals surface area contributed by atoms with Gasteiger partial charge in [-0.3, -0.25) is 19.2 Å². The third-order valence-electron chi connectivity index (χ3n) is 5.79. The van der Waals surface area contributed by atoms with Crippen LogP contribution in [0.3, 0.4) is 0 Å². The van der Waals surface area contributed by atoms with Gasteiger partial charge in [0.1, 0.15) is 32.0 Å². The van der Waals surface area contributed by atoms with Crippen LogP contribution in [-0.2, 0) is 73.2 Å². The van der Waals surface area contributed by atoms with Crippen molar-refractivity contribution in [2.45, 2.75) is 72.4 Å². The summed E-state index contributed by atoms with van der Waals surface area (Å²) in [5, 5.41) is 2.62. The maximum absolute atomic E-state index is 12.0. The molecular formula is C30H45NO14. The van der Waals surface area contributed by atoms with Crippen molar-refractivity contribution < 1.29 is 66.6 Å². The molecule has 1 aromatic rings. The molecule has 0 saturated carbocycles. The van der Waals surface area contributed by atoms with E-state index in [0.717, 1.165) is 19.4 Å². The predicted octanol–water partition coefficient (Wildman–Crippen LogP) is 1.09. The number of nitrogens with one attached hydrogen (secondary N) is 1. The Hall–Kier alpha value is -3.63. The largest absolute Gasteiger partial charge is 0.463 e. The van der Waals surface area contributed by atoms with Crippen LogP contribution in [0.25, 0.3) is 0 Å². The highest BCUT2D eigenvalue weighted by molar-refractivity contribution is 5.73. The first-order valence-corrected chi connectivity index (χ1v) is 14.0. The minimum Gasteiger partial charge on any atom is -0.463 e. The topological polar surface area (TPSA) is 180 Å². The summed E-state index contributed by atoms with van der Waals surface area (Å²) in [4.78, 5) is 58.8. The van der Waals surface area contributed by atoms with Crippen LogP contribution in [0.4, 0.5) is 0 Å². The first-order valence-electron chi connectivity index (χ1n) is 14.0. The lowest BCUT2D eigenvalue weighted by atomic mass is 9.96. The summed E-state index contributed by atoms with van der Waals surface area (Å²) >= 11 is 0. The molecule has 254 valence electrons. The number of carbonyl (C=O) groups excluding carboxylic acids is 5. The van der Waals surface area contributed by atoms with Gasteiger partial charge in [0.15, 0.2) is 18.5 Å². The Morgan fingerprint density at radius 2 is 1.31 bits per heavy atom. The zero-order valence-electron chi connectivity index (χ0n) is 25.4. The summed E-state index contributed by atoms with van der Waals surface area (Å²) in [6.07, 6.45) is -4.65. The zero-order valence-corrected chi connectivity index (χ0v) is 25.4. The maximum atomic E-state index is 12.0. The van der Waals surface area contributed by atoms with Gasteiger partial charge in [0.2, 0.25) is 5.91 Å². The quantitative estimate of drug-likeness (QED) is 0.129. The van der Waals surface area contributed by atoms with Crippen LogP contribution in [0, 0.1) is 0 Å². The van der Waals surface area contributed by atoms with Gasteiger partial charge >= 0.3 is 23.9 Å². The molecule has 1 aliphatic rings. The molecule has 0 radical (unpaired) electrons. The molecule has 1 amide bonds. The number of benzene rings is 1. The van der Waals surface area contributed by atoms with Gasteiger partial charge in [-0.25, -0.2) is 4.79 Å². The molecular weight excluding hydrogens is 598 g/mol. The van der Waals surface area contributed by atoms with E-state index in [-0.39, 0.29) is 66.9 Å². The van der Waals surface area contributed by atoms with Gasteiger partial charge < -0.3 is 47.9 Å². The van der Waals surface area contributed by atoms with Gasteiger partial charge in [0, 0.05) is 27.7 Å². The fourth-order valence-corrected chi connectivity index (χ4v) is 4.03. The lowest BCUT2D eigenvalue weighted by molar-refractivity contribution is -0.279. The lowest BCUT2D eigenvalue weighted by Crippen LogP contribution is -2.66. The van der Waals surface area contributed by atoms with Gasteiger partial charge in [-0.1, -0.05) is 37.8 Å². The Morgan fingerprint density at radius 3 is 1.89 bits per heavy atom. The molecule has 0 aliphatic carbocycles. The highest BCUT2D eigenvalue weighted by atomic mass is 16.7. The predicted molar refractivity (Wildman–Crippen MR) is 155 cm³/mol. The summed E-state index contributed by atoms with van der Waals surface area (Å²) in [5.74, 6) is -2.96. The highest BCUT2D eigenvalue weighted by Gasteiger charge is 2.51. The molecule has 1 heterocycles. The number of ether oxygens (including phenoxy) is 9. The molecule has 0 unspecified atom stereocenters. The van der Waals surface area contributed by atoms with E-state index in [1.165, 1.54) is 13.8 Å². The average molecular weight is 644 g/mol. The summed E-state index contributed by atoms with van der Waals surface area (Å²) in [7, 11) is 0. The van der Waals surface area contributed by atoms with Crippen LogP contribution >= 0.6 is 0 Å². The molecule has 2 rings (SSSR count). The van der Waals surface area contributed by atoms with Crippen molar-refractivity contribution in [1.29, 1.82) is 0 Å². The van der Waals surface area contributed by atoms with E-state index < -0.39 is 60.4 Å². The van der Waals surface area contributed by atoms with Crippen molar-refractivity contribution in [2.24, 2.45) is 0 Å². The minimum absolute atomic E-state index is 0. The second-order valence-corrected chi connectivity index (χ2v) is 9.51. The van der Waals surface area contributed by atoms with E-state index in [4.69, 9.17) is 42.6 Å². The number of hydrogen-bond donors (Lipinski definition) is 1. The van der Waals surface area contributed by atoms with Crippen molar-refractivity contribution in [3.05, 3.63) is 35.9 Å². The van der Waals surface area contributed by atoms with Crippen molar-refractivity contribution >= 4 is 29.8 Å². The monoisotopic (exact) mass is 643 g/mol. The van der Waals surface area contributed by atoms with E-state index in [2.05, 4.69) is 5.32 Å². The third kappa shape index (κ3) is 16.3. The standard InChI is InChI=1S/C29H41NO14.CH4/c1-19(31)30-26-28(43-22(4)34)27(42-21(3)33)24(17-40-20(2)32)44-29(26)39-15-14-37-11-10-36-12-13-38-18-25(35)41-16-23-8-6-5-7-9-23;/h5-9,24,26-29H,10-18H2,1-4H3,(H,30,31);1H4/t24-,26-,27+,28-,29-;/m1./s1. The molecule has 0 bridgehead atoms. The first kappa shape index (κ1) is 39.4. The number of rotatable bonds is 19. The van der Waals surface area contributed by atoms with Crippen LogP contribution in [0.1, 0.15) is 40.7 Å². The molecule has 1 fully saturated rings. The van der Waals surface area contributed by atoms with Crippen LogP contribution in [0.5, 0.6) is 0 Å². The molecule has 15 heteroatoms. The van der Waals surface area contributed by atoms with Gasteiger partial charge in [-0.15, -0.1) is 0 Å². The Bertz CT molecular complexity index is 1050. The van der Waals surface area contributed by atoms with Crippen LogP contribution < -0.4 is 5.32 Å². The lowest BCUT2D eigenvalue weighted by Gasteiger charge is -2.44. The molecule has 5 atom stereocenters. The second-order valence-electron chi connectivity index (χ2n) is 9.51. The second kappa shape index (κ2) is 22.0. The summed E-state index contributed by atoms with van der Waals surface area (Å²) < 4.78 is 48.8. The van der Waals surface area contributed by atoms with E-state index in [1.807, 2.05) is 30.3 Å². The number of amides is 1. The normalized spacial score (nSPS) is 20.7. The molecule has 0 spiro atoms. The number of esters is 4. The molecule has 1 aliphatic heterocycles.